The van der Waals surface area contributed by atoms with E-state index in [4.69, 9.17) is 0 Å². The van der Waals surface area contributed by atoms with Gasteiger partial charge in [0, 0.05) is 34.8 Å². The third-order valence-electron chi connectivity index (χ3n) is 8.68. The zero-order valence-corrected chi connectivity index (χ0v) is 26.0. The Labute approximate surface area is 249 Å². The highest BCUT2D eigenvalue weighted by molar-refractivity contribution is 7.99. The normalized spacial score (nSPS) is 22.8. The summed E-state index contributed by atoms with van der Waals surface area (Å²) in [4.78, 5) is 30.2. The highest BCUT2D eigenvalue weighted by atomic mass is 32.2. The van der Waals surface area contributed by atoms with Gasteiger partial charge in [-0.2, -0.15) is 0 Å². The largest absolute Gasteiger partial charge is 0.508 e. The van der Waals surface area contributed by atoms with E-state index in [9.17, 15) is 19.8 Å². The summed E-state index contributed by atoms with van der Waals surface area (Å²) >= 11 is 1.59. The number of hydrogen-bond acceptors (Lipinski definition) is 6. The number of nitrogens with one attached hydrogen (secondary N) is 2. The predicted molar refractivity (Wildman–Crippen MR) is 165 cm³/mol. The summed E-state index contributed by atoms with van der Waals surface area (Å²) in [6.07, 6.45) is 4.69. The van der Waals surface area contributed by atoms with Crippen molar-refractivity contribution in [2.75, 3.05) is 18.8 Å². The van der Waals surface area contributed by atoms with Crippen molar-refractivity contribution in [3.8, 4) is 5.75 Å². The maximum atomic E-state index is 13.5. The van der Waals surface area contributed by atoms with E-state index in [1.165, 1.54) is 18.9 Å². The number of aliphatic hydroxyl groups is 1. The molecule has 7 nitrogen and oxygen atoms in total. The molecule has 0 spiro atoms. The molecule has 41 heavy (non-hydrogen) atoms. The van der Waals surface area contributed by atoms with Crippen LogP contribution in [0, 0.1) is 25.7 Å². The Hall–Kier alpha value is -2.55. The molecular formula is C33H47N3O4S. The van der Waals surface area contributed by atoms with Crippen LogP contribution in [-0.4, -0.2) is 69.5 Å². The first-order valence-corrected chi connectivity index (χ1v) is 15.9. The zero-order valence-electron chi connectivity index (χ0n) is 25.2. The maximum Gasteiger partial charge on any atom is 0.251 e. The average Bonchev–Trinajstić information content (AvgIpc) is 2.93. The first-order chi connectivity index (χ1) is 19.4. The molecule has 0 radical (unpaired) electrons. The lowest BCUT2D eigenvalue weighted by Gasteiger charge is -2.47. The van der Waals surface area contributed by atoms with Crippen LogP contribution in [0.4, 0.5) is 0 Å². The first kappa shape index (κ1) is 31.4. The van der Waals surface area contributed by atoms with Crippen LogP contribution in [0.1, 0.15) is 74.4 Å². The summed E-state index contributed by atoms with van der Waals surface area (Å²) in [6.45, 7) is 10.7. The fourth-order valence-electron chi connectivity index (χ4n) is 6.24. The lowest BCUT2D eigenvalue weighted by Crippen LogP contribution is -2.60. The lowest BCUT2D eigenvalue weighted by atomic mass is 9.72. The summed E-state index contributed by atoms with van der Waals surface area (Å²) in [7, 11) is 0. The standard InChI is InChI=1S/C33H47N3O4S/c1-21-22(2)29(37)16-15-26(21)31(39)34-27(20-41-25-13-7-6-8-14-25)30(38)19-36-18-24-12-10-9-11-23(24)17-28(36)32(40)35-33(3,4)5/h6-8,13-16,23-24,27-28,30,37-38H,9-12,17-20H2,1-5H3,(H,34,39)(H,35,40)/t23-,24+,27-,28-,30+/m0/s1. The zero-order chi connectivity index (χ0) is 29.7. The van der Waals surface area contributed by atoms with Gasteiger partial charge >= 0.3 is 0 Å². The van der Waals surface area contributed by atoms with Gasteiger partial charge in [-0.3, -0.25) is 14.5 Å². The summed E-state index contributed by atoms with van der Waals surface area (Å²) in [5.41, 5.74) is 1.52. The number of amides is 2. The molecule has 2 fully saturated rings. The van der Waals surface area contributed by atoms with Crippen LogP contribution < -0.4 is 10.6 Å². The van der Waals surface area contributed by atoms with Crippen molar-refractivity contribution in [3.63, 3.8) is 0 Å². The molecule has 0 aromatic heterocycles. The molecule has 2 aromatic rings. The van der Waals surface area contributed by atoms with Crippen LogP contribution >= 0.6 is 11.8 Å². The van der Waals surface area contributed by atoms with E-state index in [0.29, 0.717) is 40.8 Å². The molecular weight excluding hydrogens is 534 g/mol. The highest BCUT2D eigenvalue weighted by Gasteiger charge is 2.41. The molecule has 1 aliphatic carbocycles. The number of phenols is 1. The molecule has 0 unspecified atom stereocenters. The second kappa shape index (κ2) is 13.6. The van der Waals surface area contributed by atoms with Gasteiger partial charge in [0.1, 0.15) is 5.75 Å². The van der Waals surface area contributed by atoms with E-state index < -0.39 is 12.1 Å². The maximum absolute atomic E-state index is 13.5. The topological polar surface area (TPSA) is 102 Å². The van der Waals surface area contributed by atoms with Crippen molar-refractivity contribution < 1.29 is 19.8 Å². The van der Waals surface area contributed by atoms with Gasteiger partial charge in [-0.15, -0.1) is 11.8 Å². The molecule has 2 aliphatic rings. The number of carbonyl (C=O) groups excluding carboxylic acids is 2. The van der Waals surface area contributed by atoms with E-state index in [1.807, 2.05) is 58.0 Å². The number of thioether (sulfide) groups is 1. The van der Waals surface area contributed by atoms with Crippen molar-refractivity contribution in [2.24, 2.45) is 11.8 Å². The highest BCUT2D eigenvalue weighted by Crippen LogP contribution is 2.39. The number of β-amino-alcohol motifs (C(OH)–C–C–N with tert-alkyl or cyclic N) is 1. The molecule has 2 aromatic carbocycles. The predicted octanol–water partition coefficient (Wildman–Crippen LogP) is 5.06. The fraction of sp³-hybridized carbons (Fsp3) is 0.576. The number of carbonyl (C=O) groups is 2. The van der Waals surface area contributed by atoms with Crippen molar-refractivity contribution in [1.82, 2.24) is 15.5 Å². The van der Waals surface area contributed by atoms with Crippen LogP contribution in [0.2, 0.25) is 0 Å². The van der Waals surface area contributed by atoms with Crippen molar-refractivity contribution in [1.29, 1.82) is 0 Å². The number of nitrogens with zero attached hydrogens (tertiary/aromatic N) is 1. The van der Waals surface area contributed by atoms with Gasteiger partial charge < -0.3 is 20.8 Å². The van der Waals surface area contributed by atoms with Crippen molar-refractivity contribution in [2.45, 2.75) is 95.3 Å². The lowest BCUT2D eigenvalue weighted by molar-refractivity contribution is -0.132. The van der Waals surface area contributed by atoms with Crippen LogP contribution in [-0.2, 0) is 4.79 Å². The number of hydrogen-bond donors (Lipinski definition) is 4. The Kier molecular flexibility index (Phi) is 10.4. The SMILES string of the molecule is Cc1c(O)ccc(C(=O)N[C@@H](CSc2ccccc2)[C@H](O)CN2C[C@H]3CCCC[C@H]3C[C@H]2C(=O)NC(C)(C)C)c1C. The molecule has 1 saturated heterocycles. The van der Waals surface area contributed by atoms with Crippen molar-refractivity contribution >= 4 is 23.6 Å². The third kappa shape index (κ3) is 8.27. The second-order valence-electron chi connectivity index (χ2n) is 12.9. The van der Waals surface area contributed by atoms with E-state index in [-0.39, 0.29) is 29.1 Å². The number of aromatic hydroxyl groups is 1. The summed E-state index contributed by atoms with van der Waals surface area (Å²) in [5.74, 6) is 1.44. The molecule has 1 heterocycles. The molecule has 1 saturated carbocycles. The van der Waals surface area contributed by atoms with Gasteiger partial charge in [0.05, 0.1) is 18.2 Å². The van der Waals surface area contributed by atoms with E-state index >= 15 is 0 Å². The number of phenolic OH excluding ortho intramolecular Hbond substituents is 1. The monoisotopic (exact) mass is 581 g/mol. The molecule has 1 aliphatic heterocycles. The summed E-state index contributed by atoms with van der Waals surface area (Å²) < 4.78 is 0. The van der Waals surface area contributed by atoms with Gasteiger partial charge in [0.2, 0.25) is 5.91 Å². The number of rotatable bonds is 9. The van der Waals surface area contributed by atoms with E-state index in [2.05, 4.69) is 15.5 Å². The smallest absolute Gasteiger partial charge is 0.251 e. The van der Waals surface area contributed by atoms with Crippen LogP contribution in [0.25, 0.3) is 0 Å². The van der Waals surface area contributed by atoms with E-state index in [0.717, 1.165) is 30.7 Å². The number of benzene rings is 2. The molecule has 224 valence electrons. The molecule has 2 amide bonds. The summed E-state index contributed by atoms with van der Waals surface area (Å²) in [6, 6.07) is 12.3. The van der Waals surface area contributed by atoms with Gasteiger partial charge in [-0.1, -0.05) is 37.5 Å². The number of fused-ring (bicyclic) bond motifs is 1. The summed E-state index contributed by atoms with van der Waals surface area (Å²) in [5, 5.41) is 28.0. The van der Waals surface area contributed by atoms with Crippen LogP contribution in [0.3, 0.4) is 0 Å². The third-order valence-corrected chi connectivity index (χ3v) is 9.81. The minimum absolute atomic E-state index is 0.0168. The quantitative estimate of drug-likeness (QED) is 0.309. The van der Waals surface area contributed by atoms with Gasteiger partial charge in [0.15, 0.2) is 0 Å². The molecule has 4 rings (SSSR count). The Morgan fingerprint density at radius 3 is 2.39 bits per heavy atom. The number of aliphatic hydroxyl groups excluding tert-OH is 1. The average molecular weight is 582 g/mol. The number of likely N-dealkylation sites (tertiary alicyclic amines) is 1. The Balaban J connectivity index is 1.55. The fourth-order valence-corrected chi connectivity index (χ4v) is 7.27. The molecule has 8 heteroatoms. The molecule has 0 bridgehead atoms. The Bertz CT molecular complexity index is 1200. The molecule has 5 atom stereocenters. The Morgan fingerprint density at radius 2 is 1.71 bits per heavy atom. The van der Waals surface area contributed by atoms with Crippen LogP contribution in [0.5, 0.6) is 5.75 Å². The van der Waals surface area contributed by atoms with Crippen LogP contribution in [0.15, 0.2) is 47.4 Å². The minimum atomic E-state index is -0.876. The van der Waals surface area contributed by atoms with Crippen molar-refractivity contribution in [3.05, 3.63) is 59.2 Å². The first-order valence-electron chi connectivity index (χ1n) is 14.9. The van der Waals surface area contributed by atoms with Gasteiger partial charge in [-0.25, -0.2) is 0 Å². The van der Waals surface area contributed by atoms with Gasteiger partial charge in [-0.05, 0) is 94.7 Å². The minimum Gasteiger partial charge on any atom is -0.508 e. The second-order valence-corrected chi connectivity index (χ2v) is 14.0. The van der Waals surface area contributed by atoms with Gasteiger partial charge in [0.25, 0.3) is 5.91 Å². The Morgan fingerprint density at radius 1 is 1.02 bits per heavy atom. The number of piperidine rings is 1. The molecule has 4 N–H and O–H groups in total. The van der Waals surface area contributed by atoms with E-state index in [1.54, 1.807) is 24.8 Å².